The van der Waals surface area contributed by atoms with Crippen LogP contribution in [0.1, 0.15) is 55.4 Å². The number of benzene rings is 3. The van der Waals surface area contributed by atoms with Gasteiger partial charge in [0.25, 0.3) is 0 Å². The second kappa shape index (κ2) is 8.62. The van der Waals surface area contributed by atoms with Crippen molar-refractivity contribution in [1.29, 1.82) is 0 Å². The van der Waals surface area contributed by atoms with E-state index in [-0.39, 0.29) is 22.6 Å². The summed E-state index contributed by atoms with van der Waals surface area (Å²) < 4.78 is 49.7. The van der Waals surface area contributed by atoms with Gasteiger partial charge in [-0.3, -0.25) is 4.57 Å². The SMILES string of the molecule is Cc1cc(-c2ccc(-n3cc(C(C)(C)O)nc3C3(c4ccccc4F)CC4(C)C3=[N+]4C)c(F)c2)cc(F)c1CO. The summed E-state index contributed by atoms with van der Waals surface area (Å²) in [5.74, 6) is -1.09. The van der Waals surface area contributed by atoms with Crippen molar-refractivity contribution in [3.8, 4) is 16.8 Å². The summed E-state index contributed by atoms with van der Waals surface area (Å²) >= 11 is 0. The van der Waals surface area contributed by atoms with Gasteiger partial charge in [0.2, 0.25) is 11.3 Å². The molecule has 0 amide bonds. The molecule has 2 N–H and O–H groups in total. The number of imidazole rings is 1. The van der Waals surface area contributed by atoms with Crippen LogP contribution in [-0.2, 0) is 17.6 Å². The standard InChI is InChI=1S/C32H31F3N3O2/c1-18-12-20(14-24(34)21(18)16-39)19-10-11-26(25(35)13-19)38-15-27(30(2,3)40)36-29(38)32(17-31(4)28(32)37(31)5)22-8-6-7-9-23(22)33/h6-15,39-40H,16-17H2,1-5H3/q+1. The number of aliphatic hydroxyl groups excluding tert-OH is 1. The zero-order chi connectivity index (χ0) is 28.8. The van der Waals surface area contributed by atoms with Gasteiger partial charge in [0, 0.05) is 30.7 Å². The molecule has 2 atom stereocenters. The Labute approximate surface area is 230 Å². The Hall–Kier alpha value is -3.75. The van der Waals surface area contributed by atoms with Gasteiger partial charge in [-0.05, 0) is 61.7 Å². The van der Waals surface area contributed by atoms with Crippen LogP contribution in [0.25, 0.3) is 16.8 Å². The van der Waals surface area contributed by atoms with Crippen LogP contribution >= 0.6 is 0 Å². The molecule has 6 rings (SSSR count). The number of halogens is 3. The van der Waals surface area contributed by atoms with Crippen LogP contribution in [0.5, 0.6) is 0 Å². The molecule has 2 heterocycles. The molecule has 206 valence electrons. The van der Waals surface area contributed by atoms with E-state index in [9.17, 15) is 14.6 Å². The molecule has 1 aliphatic heterocycles. The van der Waals surface area contributed by atoms with Crippen LogP contribution in [0.4, 0.5) is 13.2 Å². The van der Waals surface area contributed by atoms with E-state index in [1.165, 1.54) is 18.2 Å². The molecule has 0 saturated heterocycles. The highest BCUT2D eigenvalue weighted by Gasteiger charge is 2.83. The third-order valence-electron chi connectivity index (χ3n) is 8.71. The van der Waals surface area contributed by atoms with Gasteiger partial charge >= 0.3 is 0 Å². The lowest BCUT2D eigenvalue weighted by Gasteiger charge is -2.36. The van der Waals surface area contributed by atoms with Gasteiger partial charge in [-0.1, -0.05) is 30.3 Å². The Balaban J connectivity index is 1.54. The van der Waals surface area contributed by atoms with E-state index in [2.05, 4.69) is 11.5 Å². The fraction of sp³-hybridized carbons (Fsp3) is 0.312. The van der Waals surface area contributed by atoms with Crippen LogP contribution in [0.3, 0.4) is 0 Å². The van der Waals surface area contributed by atoms with Crippen molar-refractivity contribution in [1.82, 2.24) is 9.55 Å². The Bertz CT molecular complexity index is 1710. The van der Waals surface area contributed by atoms with Gasteiger partial charge in [-0.15, -0.1) is 0 Å². The van der Waals surface area contributed by atoms with E-state index in [0.29, 0.717) is 40.2 Å². The second-order valence-corrected chi connectivity index (χ2v) is 11.7. The molecule has 3 aromatic carbocycles. The van der Waals surface area contributed by atoms with Crippen molar-refractivity contribution in [3.63, 3.8) is 0 Å². The molecule has 2 unspecified atom stereocenters. The smallest absolute Gasteiger partial charge is 0.243 e. The Morgan fingerprint density at radius 1 is 1.00 bits per heavy atom. The molecule has 1 saturated carbocycles. The van der Waals surface area contributed by atoms with Crippen LogP contribution in [-0.4, -0.2) is 42.6 Å². The minimum atomic E-state index is -1.33. The van der Waals surface area contributed by atoms with Gasteiger partial charge in [0.05, 0.1) is 18.0 Å². The predicted molar refractivity (Wildman–Crippen MR) is 146 cm³/mol. The number of aromatic nitrogens is 2. The zero-order valence-electron chi connectivity index (χ0n) is 23.1. The van der Waals surface area contributed by atoms with Crippen molar-refractivity contribution in [2.45, 2.75) is 57.3 Å². The second-order valence-electron chi connectivity index (χ2n) is 11.7. The lowest BCUT2D eigenvalue weighted by Crippen LogP contribution is -2.54. The summed E-state index contributed by atoms with van der Waals surface area (Å²) in [7, 11) is 1.96. The number of hydrogen-bond donors (Lipinski definition) is 2. The van der Waals surface area contributed by atoms with Crippen molar-refractivity contribution in [2.24, 2.45) is 0 Å². The summed E-state index contributed by atoms with van der Waals surface area (Å²) in [4.78, 5) is 4.84. The summed E-state index contributed by atoms with van der Waals surface area (Å²) in [5, 5.41) is 20.3. The first kappa shape index (κ1) is 26.5. The average Bonchev–Trinajstić information content (AvgIpc) is 3.17. The maximum absolute atomic E-state index is 16.0. The maximum atomic E-state index is 16.0. The molecule has 0 radical (unpaired) electrons. The normalized spacial score (nSPS) is 21.9. The number of nitrogens with zero attached hydrogens (tertiary/aromatic N) is 3. The number of rotatable bonds is 6. The lowest BCUT2D eigenvalue weighted by molar-refractivity contribution is -0.467. The molecular weight excluding hydrogens is 515 g/mol. The van der Waals surface area contributed by atoms with Crippen molar-refractivity contribution >= 4 is 5.71 Å². The Kier molecular flexibility index (Phi) is 5.71. The fourth-order valence-corrected chi connectivity index (χ4v) is 6.48. The molecular formula is C32H31F3N3O2+. The highest BCUT2D eigenvalue weighted by atomic mass is 19.1. The topological polar surface area (TPSA) is 61.3 Å². The van der Waals surface area contributed by atoms with Crippen LogP contribution in [0.2, 0.25) is 0 Å². The van der Waals surface area contributed by atoms with Crippen molar-refractivity contribution in [2.75, 3.05) is 7.05 Å². The highest BCUT2D eigenvalue weighted by molar-refractivity contribution is 6.12. The molecule has 1 aliphatic carbocycles. The monoisotopic (exact) mass is 546 g/mol. The molecule has 8 heteroatoms. The largest absolute Gasteiger partial charge is 0.392 e. The zero-order valence-corrected chi connectivity index (χ0v) is 23.1. The van der Waals surface area contributed by atoms with Gasteiger partial charge in [-0.2, -0.15) is 0 Å². The number of fused-ring (bicyclic) bond motifs is 1. The summed E-state index contributed by atoms with van der Waals surface area (Å²) in [5.41, 5.74) is 1.19. The van der Waals surface area contributed by atoms with Gasteiger partial charge in [0.1, 0.15) is 35.9 Å². The third kappa shape index (κ3) is 3.62. The molecule has 1 fully saturated rings. The van der Waals surface area contributed by atoms with Crippen molar-refractivity contribution < 1.29 is 28.0 Å². The van der Waals surface area contributed by atoms with E-state index < -0.39 is 29.3 Å². The molecule has 4 aromatic rings. The van der Waals surface area contributed by atoms with Crippen LogP contribution in [0.15, 0.2) is 60.8 Å². The van der Waals surface area contributed by atoms with Gasteiger partial charge in [-0.25, -0.2) is 22.7 Å². The molecule has 1 aromatic heterocycles. The third-order valence-corrected chi connectivity index (χ3v) is 8.71. The highest BCUT2D eigenvalue weighted by Crippen LogP contribution is 2.61. The first-order valence-corrected chi connectivity index (χ1v) is 13.2. The quantitative estimate of drug-likeness (QED) is 0.313. The van der Waals surface area contributed by atoms with Crippen LogP contribution < -0.4 is 0 Å². The summed E-state index contributed by atoms with van der Waals surface area (Å²) in [6, 6.07) is 14.2. The Morgan fingerprint density at radius 3 is 2.25 bits per heavy atom. The average molecular weight is 547 g/mol. The summed E-state index contributed by atoms with van der Waals surface area (Å²) in [6.07, 6.45) is 2.15. The molecule has 2 aliphatic rings. The predicted octanol–water partition coefficient (Wildman–Crippen LogP) is 5.53. The minimum Gasteiger partial charge on any atom is -0.392 e. The number of hydrogen-bond acceptors (Lipinski definition) is 3. The Morgan fingerprint density at radius 2 is 1.70 bits per heavy atom. The number of aryl methyl sites for hydroxylation is 1. The minimum absolute atomic E-state index is 0.180. The molecule has 0 spiro atoms. The fourth-order valence-electron chi connectivity index (χ4n) is 6.48. The van der Waals surface area contributed by atoms with E-state index in [0.717, 1.165) is 5.71 Å². The van der Waals surface area contributed by atoms with E-state index in [1.54, 1.807) is 67.9 Å². The van der Waals surface area contributed by atoms with E-state index in [1.807, 2.05) is 7.05 Å². The molecule has 0 bridgehead atoms. The van der Waals surface area contributed by atoms with Gasteiger partial charge < -0.3 is 10.2 Å². The van der Waals surface area contributed by atoms with E-state index in [4.69, 9.17) is 4.98 Å². The van der Waals surface area contributed by atoms with E-state index >= 15 is 8.78 Å². The first-order valence-electron chi connectivity index (χ1n) is 13.2. The molecule has 40 heavy (non-hydrogen) atoms. The maximum Gasteiger partial charge on any atom is 0.243 e. The van der Waals surface area contributed by atoms with Crippen LogP contribution in [0, 0.1) is 24.4 Å². The lowest BCUT2D eigenvalue weighted by atomic mass is 9.58. The van der Waals surface area contributed by atoms with Crippen molar-refractivity contribution in [3.05, 3.63) is 106 Å². The van der Waals surface area contributed by atoms with Gasteiger partial charge in [0.15, 0.2) is 5.41 Å². The number of aliphatic hydroxyl groups is 2. The summed E-state index contributed by atoms with van der Waals surface area (Å²) in [6.45, 7) is 6.57. The molecule has 5 nitrogen and oxygen atoms in total. The first-order chi connectivity index (χ1) is 18.8.